The molecule has 0 radical (unpaired) electrons. The fourth-order valence-electron chi connectivity index (χ4n) is 2.12. The zero-order valence-electron chi connectivity index (χ0n) is 12.6. The maximum absolute atomic E-state index is 12.2. The minimum absolute atomic E-state index is 0.0451. The van der Waals surface area contributed by atoms with Crippen molar-refractivity contribution in [1.29, 1.82) is 0 Å². The van der Waals surface area contributed by atoms with E-state index in [9.17, 15) is 4.79 Å². The SMILES string of the molecule is Cc1cc(C(=O)Nc2nnc(-c3sc(C)nc3C)o2)c(C)o1. The monoisotopic (exact) mass is 318 g/mol. The van der Waals surface area contributed by atoms with Crippen molar-refractivity contribution >= 4 is 23.3 Å². The molecule has 22 heavy (non-hydrogen) atoms. The summed E-state index contributed by atoms with van der Waals surface area (Å²) in [5.74, 6) is 1.22. The highest BCUT2D eigenvalue weighted by atomic mass is 32.1. The number of hydrogen-bond donors (Lipinski definition) is 1. The van der Waals surface area contributed by atoms with Crippen LogP contribution in [0.25, 0.3) is 10.8 Å². The van der Waals surface area contributed by atoms with Crippen LogP contribution in [0.1, 0.15) is 32.6 Å². The van der Waals surface area contributed by atoms with Crippen LogP contribution in [0.5, 0.6) is 0 Å². The molecule has 0 aliphatic carbocycles. The van der Waals surface area contributed by atoms with Crippen LogP contribution in [0.15, 0.2) is 14.9 Å². The molecule has 3 heterocycles. The summed E-state index contributed by atoms with van der Waals surface area (Å²) in [5, 5.41) is 11.3. The second-order valence-electron chi connectivity index (χ2n) is 4.84. The molecule has 0 unspecified atom stereocenters. The van der Waals surface area contributed by atoms with E-state index in [2.05, 4.69) is 20.5 Å². The molecule has 1 amide bonds. The van der Waals surface area contributed by atoms with E-state index in [1.807, 2.05) is 13.8 Å². The van der Waals surface area contributed by atoms with Gasteiger partial charge in [-0.25, -0.2) is 4.98 Å². The summed E-state index contributed by atoms with van der Waals surface area (Å²) in [7, 11) is 0. The smallest absolute Gasteiger partial charge is 0.322 e. The predicted molar refractivity (Wildman–Crippen MR) is 81.0 cm³/mol. The summed E-state index contributed by atoms with van der Waals surface area (Å²) in [5.41, 5.74) is 1.27. The summed E-state index contributed by atoms with van der Waals surface area (Å²) in [4.78, 5) is 17.3. The van der Waals surface area contributed by atoms with Crippen molar-refractivity contribution in [2.45, 2.75) is 27.7 Å². The standard InChI is InChI=1S/C14H14N4O3S/c1-6-5-10(8(3)20-6)12(19)16-14-18-17-13(21-14)11-7(2)15-9(4)22-11/h5H,1-4H3,(H,16,18,19). The first-order valence-electron chi connectivity index (χ1n) is 6.60. The molecule has 0 aliphatic heterocycles. The quantitative estimate of drug-likeness (QED) is 0.796. The molecule has 0 saturated heterocycles. The normalized spacial score (nSPS) is 10.9. The van der Waals surface area contributed by atoms with E-state index >= 15 is 0 Å². The van der Waals surface area contributed by atoms with Gasteiger partial charge in [-0.1, -0.05) is 5.10 Å². The van der Waals surface area contributed by atoms with Gasteiger partial charge in [0.25, 0.3) is 11.8 Å². The van der Waals surface area contributed by atoms with Crippen molar-refractivity contribution in [1.82, 2.24) is 15.2 Å². The number of amides is 1. The van der Waals surface area contributed by atoms with Gasteiger partial charge in [0.15, 0.2) is 0 Å². The lowest BCUT2D eigenvalue weighted by Gasteiger charge is -1.97. The third-order valence-corrected chi connectivity index (χ3v) is 4.09. The molecule has 3 rings (SSSR count). The summed E-state index contributed by atoms with van der Waals surface area (Å²) in [6.07, 6.45) is 0. The van der Waals surface area contributed by atoms with Gasteiger partial charge in [-0.3, -0.25) is 10.1 Å². The Morgan fingerprint density at radius 1 is 1.18 bits per heavy atom. The number of nitrogens with zero attached hydrogens (tertiary/aromatic N) is 3. The Labute approximate surface area is 130 Å². The molecule has 0 bridgehead atoms. The number of carbonyl (C=O) groups excluding carboxylic acids is 1. The molecule has 0 saturated carbocycles. The van der Waals surface area contributed by atoms with E-state index in [1.165, 1.54) is 11.3 Å². The van der Waals surface area contributed by atoms with E-state index in [0.29, 0.717) is 23.0 Å². The minimum Gasteiger partial charge on any atom is -0.466 e. The Morgan fingerprint density at radius 3 is 2.55 bits per heavy atom. The Hall–Kier alpha value is -2.48. The van der Waals surface area contributed by atoms with Crippen LogP contribution in [0.4, 0.5) is 6.01 Å². The summed E-state index contributed by atoms with van der Waals surface area (Å²) >= 11 is 1.47. The van der Waals surface area contributed by atoms with Crippen LogP contribution in [0.3, 0.4) is 0 Å². The van der Waals surface area contributed by atoms with Crippen LogP contribution in [-0.4, -0.2) is 21.1 Å². The van der Waals surface area contributed by atoms with Gasteiger partial charge in [-0.15, -0.1) is 16.4 Å². The number of carbonyl (C=O) groups is 1. The highest BCUT2D eigenvalue weighted by molar-refractivity contribution is 7.15. The molecule has 8 heteroatoms. The fraction of sp³-hybridized carbons (Fsp3) is 0.286. The van der Waals surface area contributed by atoms with Crippen molar-refractivity contribution in [3.8, 4) is 10.8 Å². The number of furan rings is 1. The molecule has 114 valence electrons. The predicted octanol–water partition coefficient (Wildman–Crippen LogP) is 3.27. The average Bonchev–Trinajstić information content (AvgIpc) is 3.10. The van der Waals surface area contributed by atoms with Gasteiger partial charge < -0.3 is 8.83 Å². The van der Waals surface area contributed by atoms with Crippen molar-refractivity contribution in [2.75, 3.05) is 5.32 Å². The molecule has 0 aliphatic rings. The van der Waals surface area contributed by atoms with Gasteiger partial charge in [0.1, 0.15) is 16.4 Å². The lowest BCUT2D eigenvalue weighted by atomic mass is 10.2. The van der Waals surface area contributed by atoms with E-state index in [-0.39, 0.29) is 11.9 Å². The van der Waals surface area contributed by atoms with Crippen molar-refractivity contribution in [2.24, 2.45) is 0 Å². The third-order valence-electron chi connectivity index (χ3n) is 3.03. The van der Waals surface area contributed by atoms with E-state index in [0.717, 1.165) is 15.6 Å². The Kier molecular flexibility index (Phi) is 3.53. The van der Waals surface area contributed by atoms with Gasteiger partial charge in [-0.05, 0) is 33.8 Å². The molecular formula is C14H14N4O3S. The highest BCUT2D eigenvalue weighted by Crippen LogP contribution is 2.29. The lowest BCUT2D eigenvalue weighted by Crippen LogP contribution is -2.12. The van der Waals surface area contributed by atoms with E-state index in [4.69, 9.17) is 8.83 Å². The van der Waals surface area contributed by atoms with Crippen molar-refractivity contribution in [3.63, 3.8) is 0 Å². The lowest BCUT2D eigenvalue weighted by molar-refractivity contribution is 0.102. The molecule has 0 fully saturated rings. The van der Waals surface area contributed by atoms with Gasteiger partial charge in [-0.2, -0.15) is 0 Å². The van der Waals surface area contributed by atoms with Gasteiger partial charge in [0, 0.05) is 0 Å². The third kappa shape index (κ3) is 2.64. The van der Waals surface area contributed by atoms with Crippen molar-refractivity contribution < 1.29 is 13.6 Å². The first-order chi connectivity index (χ1) is 10.4. The molecule has 1 N–H and O–H groups in total. The van der Waals surface area contributed by atoms with Crippen LogP contribution in [0, 0.1) is 27.7 Å². The van der Waals surface area contributed by atoms with Gasteiger partial charge in [0.2, 0.25) is 0 Å². The summed E-state index contributed by atoms with van der Waals surface area (Å²) in [6, 6.07) is 1.71. The van der Waals surface area contributed by atoms with Gasteiger partial charge in [0.05, 0.1) is 16.3 Å². The number of thiazole rings is 1. The largest absolute Gasteiger partial charge is 0.466 e. The van der Waals surface area contributed by atoms with E-state index in [1.54, 1.807) is 19.9 Å². The van der Waals surface area contributed by atoms with Crippen LogP contribution < -0.4 is 5.32 Å². The summed E-state index contributed by atoms with van der Waals surface area (Å²) < 4.78 is 10.8. The number of nitrogens with one attached hydrogen (secondary N) is 1. The highest BCUT2D eigenvalue weighted by Gasteiger charge is 2.18. The maximum atomic E-state index is 12.2. The Bertz CT molecular complexity index is 846. The topological polar surface area (TPSA) is 94.1 Å². The first-order valence-corrected chi connectivity index (χ1v) is 7.42. The fourth-order valence-corrected chi connectivity index (χ4v) is 2.96. The summed E-state index contributed by atoms with van der Waals surface area (Å²) in [6.45, 7) is 7.29. The maximum Gasteiger partial charge on any atom is 0.322 e. The zero-order valence-corrected chi connectivity index (χ0v) is 13.4. The zero-order chi connectivity index (χ0) is 15.9. The average molecular weight is 318 g/mol. The Balaban J connectivity index is 1.81. The van der Waals surface area contributed by atoms with Crippen LogP contribution in [-0.2, 0) is 0 Å². The molecule has 7 nitrogen and oxygen atoms in total. The minimum atomic E-state index is -0.346. The number of aromatic nitrogens is 3. The molecule has 0 spiro atoms. The Morgan fingerprint density at radius 2 is 1.95 bits per heavy atom. The molecule has 3 aromatic heterocycles. The number of aryl methyl sites for hydroxylation is 4. The first kappa shape index (κ1) is 14.5. The number of rotatable bonds is 3. The second kappa shape index (κ2) is 5.38. The second-order valence-corrected chi connectivity index (χ2v) is 6.04. The van der Waals surface area contributed by atoms with Gasteiger partial charge >= 0.3 is 6.01 Å². The number of anilines is 1. The van der Waals surface area contributed by atoms with Crippen molar-refractivity contribution in [3.05, 3.63) is 33.9 Å². The molecule has 0 aromatic carbocycles. The molecule has 0 atom stereocenters. The van der Waals surface area contributed by atoms with Crippen LogP contribution in [0.2, 0.25) is 0 Å². The molecular weight excluding hydrogens is 304 g/mol. The number of hydrogen-bond acceptors (Lipinski definition) is 7. The molecule has 3 aromatic rings. The van der Waals surface area contributed by atoms with E-state index < -0.39 is 0 Å². The van der Waals surface area contributed by atoms with Crippen LogP contribution >= 0.6 is 11.3 Å².